The number of aromatic nitrogens is 2. The zero-order valence-corrected chi connectivity index (χ0v) is 12.1. The van der Waals surface area contributed by atoms with E-state index >= 15 is 0 Å². The summed E-state index contributed by atoms with van der Waals surface area (Å²) in [6.45, 7) is 2.58. The molecule has 0 aliphatic heterocycles. The molecular weight excluding hydrogens is 266 g/mol. The number of aryl methyl sites for hydroxylation is 2. The lowest BCUT2D eigenvalue weighted by molar-refractivity contribution is -0.740. The van der Waals surface area contributed by atoms with Gasteiger partial charge in [0, 0.05) is 17.5 Å². The van der Waals surface area contributed by atoms with Gasteiger partial charge < -0.3 is 5.11 Å². The van der Waals surface area contributed by atoms with E-state index < -0.39 is 5.97 Å². The minimum atomic E-state index is -0.768. The van der Waals surface area contributed by atoms with Gasteiger partial charge in [-0.25, -0.2) is 0 Å². The van der Waals surface area contributed by atoms with Gasteiger partial charge in [-0.15, -0.1) is 4.68 Å². The number of rotatable bonds is 6. The average molecular weight is 286 g/mol. The number of benzene rings is 1. The molecule has 0 amide bonds. The molecule has 1 aromatic carbocycles. The lowest BCUT2D eigenvalue weighted by Gasteiger charge is -2.07. The average Bonchev–Trinajstić information content (AvgIpc) is 2.48. The van der Waals surface area contributed by atoms with Crippen LogP contribution in [-0.2, 0) is 11.3 Å². The predicted octanol–water partition coefficient (Wildman–Crippen LogP) is 2.18. The van der Waals surface area contributed by atoms with E-state index in [0.717, 1.165) is 23.2 Å². The minimum Gasteiger partial charge on any atom is -0.481 e. The van der Waals surface area contributed by atoms with Crippen molar-refractivity contribution in [3.8, 4) is 11.3 Å². The fourth-order valence-corrected chi connectivity index (χ4v) is 2.15. The number of carboxylic acids is 1. The number of unbranched alkanes of at least 4 members (excludes halogenated alkanes) is 1. The molecule has 0 saturated carbocycles. The van der Waals surface area contributed by atoms with Crippen LogP contribution >= 0.6 is 0 Å². The van der Waals surface area contributed by atoms with Crippen LogP contribution in [-0.4, -0.2) is 16.2 Å². The maximum atomic E-state index is 10.5. The van der Waals surface area contributed by atoms with E-state index in [9.17, 15) is 4.79 Å². The molecule has 1 aromatic heterocycles. The molecule has 0 atom stereocenters. The van der Waals surface area contributed by atoms with Crippen molar-refractivity contribution in [1.29, 1.82) is 0 Å². The molecule has 1 heterocycles. The number of nitrogen functional groups attached to an aromatic ring is 1. The lowest BCUT2D eigenvalue weighted by atomic mass is 10.1. The molecule has 0 aliphatic carbocycles. The molecule has 2 rings (SSSR count). The summed E-state index contributed by atoms with van der Waals surface area (Å²) >= 11 is 0. The first-order valence-corrected chi connectivity index (χ1v) is 7.02. The van der Waals surface area contributed by atoms with Crippen molar-refractivity contribution in [3.63, 3.8) is 0 Å². The summed E-state index contributed by atoms with van der Waals surface area (Å²) in [5.41, 5.74) is 8.95. The summed E-state index contributed by atoms with van der Waals surface area (Å²) in [6, 6.07) is 11.9. The van der Waals surface area contributed by atoms with Crippen LogP contribution in [0.25, 0.3) is 11.3 Å². The summed E-state index contributed by atoms with van der Waals surface area (Å²) < 4.78 is 1.76. The molecular formula is C16H20N3O2+. The van der Waals surface area contributed by atoms with E-state index in [1.165, 1.54) is 0 Å². The van der Waals surface area contributed by atoms with Crippen molar-refractivity contribution in [2.75, 3.05) is 5.73 Å². The van der Waals surface area contributed by atoms with Crippen LogP contribution in [0, 0.1) is 6.92 Å². The highest BCUT2D eigenvalue weighted by atomic mass is 16.4. The molecule has 0 fully saturated rings. The zero-order chi connectivity index (χ0) is 15.2. The number of nitrogens with two attached hydrogens (primary N) is 1. The van der Waals surface area contributed by atoms with Gasteiger partial charge in [0.15, 0.2) is 0 Å². The second kappa shape index (κ2) is 6.83. The smallest absolute Gasteiger partial charge is 0.303 e. The highest BCUT2D eigenvalue weighted by Gasteiger charge is 2.13. The second-order valence-electron chi connectivity index (χ2n) is 5.04. The van der Waals surface area contributed by atoms with Gasteiger partial charge >= 0.3 is 5.97 Å². The molecule has 0 unspecified atom stereocenters. The van der Waals surface area contributed by atoms with E-state index in [4.69, 9.17) is 10.8 Å². The molecule has 0 bridgehead atoms. The Balaban J connectivity index is 2.17. The van der Waals surface area contributed by atoms with E-state index in [0.29, 0.717) is 18.8 Å². The Kier molecular flexibility index (Phi) is 4.87. The van der Waals surface area contributed by atoms with Gasteiger partial charge in [-0.3, -0.25) is 10.5 Å². The highest BCUT2D eigenvalue weighted by molar-refractivity contribution is 5.66. The second-order valence-corrected chi connectivity index (χ2v) is 5.04. The van der Waals surface area contributed by atoms with Crippen molar-refractivity contribution < 1.29 is 14.6 Å². The molecule has 5 heteroatoms. The Bertz CT molecular complexity index is 627. The van der Waals surface area contributed by atoms with Crippen LogP contribution in [0.4, 0.5) is 5.82 Å². The largest absolute Gasteiger partial charge is 0.481 e. The van der Waals surface area contributed by atoms with E-state index in [1.807, 2.05) is 43.3 Å². The molecule has 0 aliphatic rings. The highest BCUT2D eigenvalue weighted by Crippen LogP contribution is 2.18. The molecule has 0 radical (unpaired) electrons. The molecule has 3 N–H and O–H groups in total. The fraction of sp³-hybridized carbons (Fsp3) is 0.312. The number of carboxylic acid groups (broad SMARTS) is 1. The molecule has 0 spiro atoms. The van der Waals surface area contributed by atoms with Crippen molar-refractivity contribution >= 4 is 11.8 Å². The summed E-state index contributed by atoms with van der Waals surface area (Å²) in [7, 11) is 0. The predicted molar refractivity (Wildman–Crippen MR) is 80.5 cm³/mol. The monoisotopic (exact) mass is 286 g/mol. The topological polar surface area (TPSA) is 80.1 Å². The number of nitrogens with zero attached hydrogens (tertiary/aromatic N) is 2. The molecule has 110 valence electrons. The molecule has 5 nitrogen and oxygen atoms in total. The van der Waals surface area contributed by atoms with E-state index in [-0.39, 0.29) is 6.42 Å². The lowest BCUT2D eigenvalue weighted by Crippen LogP contribution is -2.42. The Labute approximate surface area is 124 Å². The molecule has 21 heavy (non-hydrogen) atoms. The standard InChI is InChI=1S/C16H19N3O2/c1-12-11-14(13-7-3-2-4-8-13)18-19(16(12)17)10-6-5-9-15(20)21/h2-4,7-8,11,17H,5-6,9-10H2,1H3,(H,20,21)/p+1. The van der Waals surface area contributed by atoms with Gasteiger partial charge in [-0.2, -0.15) is 0 Å². The van der Waals surface area contributed by atoms with Gasteiger partial charge in [-0.05, 0) is 25.8 Å². The third-order valence-corrected chi connectivity index (χ3v) is 3.34. The summed E-state index contributed by atoms with van der Waals surface area (Å²) in [6.07, 6.45) is 1.54. The summed E-state index contributed by atoms with van der Waals surface area (Å²) in [4.78, 5) is 10.5. The zero-order valence-electron chi connectivity index (χ0n) is 12.1. The van der Waals surface area contributed by atoms with Crippen LogP contribution in [0.15, 0.2) is 36.4 Å². The van der Waals surface area contributed by atoms with Crippen LogP contribution in [0.5, 0.6) is 0 Å². The molecule has 2 aromatic rings. The quantitative estimate of drug-likeness (QED) is 0.630. The summed E-state index contributed by atoms with van der Waals surface area (Å²) in [5.74, 6) is -0.139. The fourth-order valence-electron chi connectivity index (χ4n) is 2.15. The first kappa shape index (κ1) is 15.0. The van der Waals surface area contributed by atoms with Crippen LogP contribution in [0.1, 0.15) is 24.8 Å². The van der Waals surface area contributed by atoms with Crippen LogP contribution in [0.2, 0.25) is 0 Å². The third-order valence-electron chi connectivity index (χ3n) is 3.34. The number of hydrogen-bond acceptors (Lipinski definition) is 3. The van der Waals surface area contributed by atoms with Crippen molar-refractivity contribution in [2.24, 2.45) is 0 Å². The van der Waals surface area contributed by atoms with Gasteiger partial charge in [0.1, 0.15) is 12.2 Å². The first-order chi connectivity index (χ1) is 10.1. The normalized spacial score (nSPS) is 10.5. The SMILES string of the molecule is Cc1cc(-c2ccccc2)n[n+](CCCCC(=O)O)c1N. The minimum absolute atomic E-state index is 0.178. The van der Waals surface area contributed by atoms with Gasteiger partial charge in [-0.1, -0.05) is 35.4 Å². The summed E-state index contributed by atoms with van der Waals surface area (Å²) in [5, 5.41) is 13.2. The molecule has 0 saturated heterocycles. The van der Waals surface area contributed by atoms with E-state index in [1.54, 1.807) is 4.68 Å². The number of anilines is 1. The van der Waals surface area contributed by atoms with Gasteiger partial charge in [0.05, 0.1) is 0 Å². The van der Waals surface area contributed by atoms with Gasteiger partial charge in [0.2, 0.25) is 0 Å². The van der Waals surface area contributed by atoms with Gasteiger partial charge in [0.25, 0.3) is 5.82 Å². The number of carbonyl (C=O) groups is 1. The number of hydrogen-bond donors (Lipinski definition) is 2. The Morgan fingerprint density at radius 3 is 2.67 bits per heavy atom. The van der Waals surface area contributed by atoms with Crippen LogP contribution < -0.4 is 10.4 Å². The van der Waals surface area contributed by atoms with Crippen molar-refractivity contribution in [1.82, 2.24) is 5.10 Å². The maximum Gasteiger partial charge on any atom is 0.303 e. The Morgan fingerprint density at radius 2 is 2.00 bits per heavy atom. The third kappa shape index (κ3) is 4.02. The first-order valence-electron chi connectivity index (χ1n) is 7.02. The Morgan fingerprint density at radius 1 is 1.29 bits per heavy atom. The number of aliphatic carboxylic acids is 1. The maximum absolute atomic E-state index is 10.5. The van der Waals surface area contributed by atoms with Crippen molar-refractivity contribution in [3.05, 3.63) is 42.0 Å². The van der Waals surface area contributed by atoms with E-state index in [2.05, 4.69) is 5.10 Å². The van der Waals surface area contributed by atoms with Crippen LogP contribution in [0.3, 0.4) is 0 Å². The Hall–Kier alpha value is -2.43. The van der Waals surface area contributed by atoms with Crippen molar-refractivity contribution in [2.45, 2.75) is 32.7 Å².